The second-order valence-corrected chi connectivity index (χ2v) is 5.28. The summed E-state index contributed by atoms with van der Waals surface area (Å²) in [4.78, 5) is 15.4. The molecule has 1 unspecified atom stereocenters. The number of carbonyl (C=O) groups is 1. The predicted molar refractivity (Wildman–Crippen MR) is 70.7 cm³/mol. The molecule has 1 aromatic heterocycles. The lowest BCUT2D eigenvalue weighted by Gasteiger charge is -2.14. The number of rotatable bonds is 4. The fourth-order valence-corrected chi connectivity index (χ4v) is 2.61. The standard InChI is InChI=1S/C13H16N2O2S/c1-5-11(13(16)17)18-12-10(6-14)8(3)7(2)9(4)15-12/h11H,5H2,1-4H3,(H,16,17). The highest BCUT2D eigenvalue weighted by molar-refractivity contribution is 8.00. The summed E-state index contributed by atoms with van der Waals surface area (Å²) >= 11 is 1.15. The van der Waals surface area contributed by atoms with Crippen molar-refractivity contribution < 1.29 is 9.90 Å². The summed E-state index contributed by atoms with van der Waals surface area (Å²) in [5.74, 6) is -0.871. The molecule has 4 nitrogen and oxygen atoms in total. The molecule has 0 spiro atoms. The van der Waals surface area contributed by atoms with Crippen LogP contribution in [-0.2, 0) is 4.79 Å². The van der Waals surface area contributed by atoms with Gasteiger partial charge in [-0.3, -0.25) is 4.79 Å². The lowest BCUT2D eigenvalue weighted by molar-refractivity contribution is -0.136. The molecular weight excluding hydrogens is 248 g/mol. The minimum atomic E-state index is -0.871. The van der Waals surface area contributed by atoms with E-state index in [1.807, 2.05) is 27.7 Å². The van der Waals surface area contributed by atoms with Gasteiger partial charge in [-0.05, 0) is 38.3 Å². The molecule has 0 saturated carbocycles. The molecule has 1 rings (SSSR count). The Morgan fingerprint density at radius 1 is 1.44 bits per heavy atom. The third kappa shape index (κ3) is 2.82. The normalized spacial score (nSPS) is 11.9. The second kappa shape index (κ2) is 5.87. The maximum absolute atomic E-state index is 11.0. The third-order valence-electron chi connectivity index (χ3n) is 2.98. The van der Waals surface area contributed by atoms with E-state index in [0.717, 1.165) is 28.6 Å². The van der Waals surface area contributed by atoms with Crippen LogP contribution >= 0.6 is 11.8 Å². The van der Waals surface area contributed by atoms with E-state index < -0.39 is 11.2 Å². The molecule has 0 radical (unpaired) electrons. The van der Waals surface area contributed by atoms with E-state index in [2.05, 4.69) is 11.1 Å². The highest BCUT2D eigenvalue weighted by Gasteiger charge is 2.21. The Bertz CT molecular complexity index is 521. The first-order valence-corrected chi connectivity index (χ1v) is 6.57. The number of hydrogen-bond donors (Lipinski definition) is 1. The van der Waals surface area contributed by atoms with Crippen LogP contribution in [-0.4, -0.2) is 21.3 Å². The minimum absolute atomic E-state index is 0.489. The fourth-order valence-electron chi connectivity index (χ4n) is 1.57. The van der Waals surface area contributed by atoms with E-state index in [4.69, 9.17) is 5.11 Å². The van der Waals surface area contributed by atoms with Gasteiger partial charge < -0.3 is 5.11 Å². The van der Waals surface area contributed by atoms with E-state index in [-0.39, 0.29) is 0 Å². The molecule has 5 heteroatoms. The molecule has 96 valence electrons. The van der Waals surface area contributed by atoms with Crippen LogP contribution in [0, 0.1) is 32.1 Å². The Kier molecular flexibility index (Phi) is 4.74. The number of thioether (sulfide) groups is 1. The van der Waals surface area contributed by atoms with Gasteiger partial charge in [0.05, 0.1) is 5.56 Å². The molecule has 1 N–H and O–H groups in total. The summed E-state index contributed by atoms with van der Waals surface area (Å²) in [6.45, 7) is 7.47. The minimum Gasteiger partial charge on any atom is -0.480 e. The van der Waals surface area contributed by atoms with E-state index in [9.17, 15) is 10.1 Å². The number of carboxylic acid groups (broad SMARTS) is 1. The fraction of sp³-hybridized carbons (Fsp3) is 0.462. The molecule has 0 bridgehead atoms. The van der Waals surface area contributed by atoms with Crippen LogP contribution in [0.25, 0.3) is 0 Å². The number of hydrogen-bond acceptors (Lipinski definition) is 4. The van der Waals surface area contributed by atoms with Gasteiger partial charge in [0.25, 0.3) is 0 Å². The van der Waals surface area contributed by atoms with Gasteiger partial charge in [-0.25, -0.2) is 4.98 Å². The van der Waals surface area contributed by atoms with Crippen LogP contribution in [0.3, 0.4) is 0 Å². The van der Waals surface area contributed by atoms with Crippen LogP contribution in [0.4, 0.5) is 0 Å². The van der Waals surface area contributed by atoms with Gasteiger partial charge in [-0.15, -0.1) is 0 Å². The Morgan fingerprint density at radius 2 is 2.06 bits per heavy atom. The van der Waals surface area contributed by atoms with Crippen LogP contribution in [0.15, 0.2) is 5.03 Å². The quantitative estimate of drug-likeness (QED) is 0.846. The number of pyridine rings is 1. The SMILES string of the molecule is CCC(Sc1nc(C)c(C)c(C)c1C#N)C(=O)O. The van der Waals surface area contributed by atoms with Gasteiger partial charge in [0.15, 0.2) is 0 Å². The monoisotopic (exact) mass is 264 g/mol. The van der Waals surface area contributed by atoms with Crippen molar-refractivity contribution in [2.24, 2.45) is 0 Å². The van der Waals surface area contributed by atoms with Crippen molar-refractivity contribution in [2.45, 2.75) is 44.4 Å². The molecule has 0 aliphatic rings. The number of aromatic nitrogens is 1. The van der Waals surface area contributed by atoms with Crippen molar-refractivity contribution in [1.82, 2.24) is 4.98 Å². The van der Waals surface area contributed by atoms with Gasteiger partial charge in [0.2, 0.25) is 0 Å². The van der Waals surface area contributed by atoms with Gasteiger partial charge in [-0.2, -0.15) is 5.26 Å². The summed E-state index contributed by atoms with van der Waals surface area (Å²) in [5.41, 5.74) is 3.20. The van der Waals surface area contributed by atoms with Crippen LogP contribution in [0.5, 0.6) is 0 Å². The Labute approximate surface area is 111 Å². The van der Waals surface area contributed by atoms with Crippen LogP contribution < -0.4 is 0 Å². The third-order valence-corrected chi connectivity index (χ3v) is 4.31. The Hall–Kier alpha value is -1.54. The van der Waals surface area contributed by atoms with Crippen LogP contribution in [0.2, 0.25) is 0 Å². The van der Waals surface area contributed by atoms with E-state index in [0.29, 0.717) is 17.0 Å². The predicted octanol–water partition coefficient (Wildman–Crippen LogP) is 2.83. The first-order chi connectivity index (χ1) is 8.42. The molecule has 1 aromatic rings. The zero-order chi connectivity index (χ0) is 13.9. The van der Waals surface area contributed by atoms with Gasteiger partial charge in [-0.1, -0.05) is 18.7 Å². The van der Waals surface area contributed by atoms with Gasteiger partial charge >= 0.3 is 5.97 Å². The molecule has 0 aliphatic carbocycles. The molecule has 0 saturated heterocycles. The Morgan fingerprint density at radius 3 is 2.50 bits per heavy atom. The number of aliphatic carboxylic acids is 1. The number of aryl methyl sites for hydroxylation is 1. The maximum atomic E-state index is 11.0. The molecule has 0 aliphatic heterocycles. The molecule has 0 amide bonds. The highest BCUT2D eigenvalue weighted by Crippen LogP contribution is 2.30. The van der Waals surface area contributed by atoms with Gasteiger partial charge in [0, 0.05) is 5.69 Å². The zero-order valence-corrected chi connectivity index (χ0v) is 11.8. The average Bonchev–Trinajstić information content (AvgIpc) is 2.32. The second-order valence-electron chi connectivity index (χ2n) is 4.09. The van der Waals surface area contributed by atoms with Crippen molar-refractivity contribution in [3.8, 4) is 6.07 Å². The van der Waals surface area contributed by atoms with Crippen molar-refractivity contribution in [3.63, 3.8) is 0 Å². The summed E-state index contributed by atoms with van der Waals surface area (Å²) in [6.07, 6.45) is 0.499. The molecule has 1 heterocycles. The largest absolute Gasteiger partial charge is 0.480 e. The summed E-state index contributed by atoms with van der Waals surface area (Å²) < 4.78 is 0. The average molecular weight is 264 g/mol. The molecule has 1 atom stereocenters. The van der Waals surface area contributed by atoms with E-state index in [1.165, 1.54) is 0 Å². The lowest BCUT2D eigenvalue weighted by atomic mass is 10.1. The first kappa shape index (κ1) is 14.5. The molecule has 0 aromatic carbocycles. The zero-order valence-electron chi connectivity index (χ0n) is 10.9. The smallest absolute Gasteiger partial charge is 0.317 e. The van der Waals surface area contributed by atoms with Crippen LogP contribution in [0.1, 0.15) is 35.7 Å². The van der Waals surface area contributed by atoms with Crippen molar-refractivity contribution in [2.75, 3.05) is 0 Å². The lowest BCUT2D eigenvalue weighted by Crippen LogP contribution is -2.15. The number of nitriles is 1. The van der Waals surface area contributed by atoms with Crippen molar-refractivity contribution in [1.29, 1.82) is 5.26 Å². The maximum Gasteiger partial charge on any atom is 0.317 e. The topological polar surface area (TPSA) is 74.0 Å². The van der Waals surface area contributed by atoms with Crippen molar-refractivity contribution in [3.05, 3.63) is 22.4 Å². The molecule has 0 fully saturated rings. The number of carboxylic acids is 1. The Balaban J connectivity index is 3.25. The highest BCUT2D eigenvalue weighted by atomic mass is 32.2. The summed E-state index contributed by atoms with van der Waals surface area (Å²) in [6, 6.07) is 2.12. The summed E-state index contributed by atoms with van der Waals surface area (Å²) in [7, 11) is 0. The van der Waals surface area contributed by atoms with Crippen molar-refractivity contribution >= 4 is 17.7 Å². The summed E-state index contributed by atoms with van der Waals surface area (Å²) in [5, 5.41) is 18.2. The molecular formula is C13H16N2O2S. The van der Waals surface area contributed by atoms with E-state index in [1.54, 1.807) is 0 Å². The first-order valence-electron chi connectivity index (χ1n) is 5.69. The van der Waals surface area contributed by atoms with E-state index >= 15 is 0 Å². The number of nitrogens with zero attached hydrogens (tertiary/aromatic N) is 2. The molecule has 18 heavy (non-hydrogen) atoms. The van der Waals surface area contributed by atoms with Gasteiger partial charge in [0.1, 0.15) is 16.3 Å².